The van der Waals surface area contributed by atoms with Crippen molar-refractivity contribution in [3.05, 3.63) is 16.1 Å². The van der Waals surface area contributed by atoms with Gasteiger partial charge < -0.3 is 10.2 Å². The third kappa shape index (κ3) is 3.77. The third-order valence-electron chi connectivity index (χ3n) is 4.12. The molecule has 0 saturated carbocycles. The number of hydrogen-bond acceptors (Lipinski definition) is 4. The van der Waals surface area contributed by atoms with Gasteiger partial charge in [0, 0.05) is 18.0 Å². The molecule has 2 heterocycles. The Balaban J connectivity index is 1.67. The maximum absolute atomic E-state index is 4.29. The molecule has 0 amide bonds. The second-order valence-electron chi connectivity index (χ2n) is 5.90. The van der Waals surface area contributed by atoms with Crippen LogP contribution < -0.4 is 5.32 Å². The van der Waals surface area contributed by atoms with Crippen molar-refractivity contribution in [3.63, 3.8) is 0 Å². The molecular weight excluding hydrogens is 242 g/mol. The number of aromatic nitrogens is 1. The topological polar surface area (TPSA) is 28.2 Å². The Morgan fingerprint density at radius 1 is 1.44 bits per heavy atom. The predicted octanol–water partition coefficient (Wildman–Crippen LogP) is 2.32. The van der Waals surface area contributed by atoms with E-state index in [2.05, 4.69) is 36.1 Å². The fraction of sp³-hybridized carbons (Fsp3) is 0.786. The molecule has 1 aromatic heterocycles. The van der Waals surface area contributed by atoms with E-state index in [1.807, 2.05) is 5.51 Å². The molecule has 0 bridgehead atoms. The summed E-state index contributed by atoms with van der Waals surface area (Å²) >= 11 is 1.78. The van der Waals surface area contributed by atoms with Gasteiger partial charge in [0.05, 0.1) is 11.2 Å². The summed E-state index contributed by atoms with van der Waals surface area (Å²) in [4.78, 5) is 8.15. The van der Waals surface area contributed by atoms with Crippen LogP contribution in [-0.4, -0.2) is 43.1 Å². The van der Waals surface area contributed by atoms with Gasteiger partial charge in [0.2, 0.25) is 0 Å². The van der Waals surface area contributed by atoms with Gasteiger partial charge in [-0.1, -0.05) is 6.92 Å². The largest absolute Gasteiger partial charge is 0.316 e. The maximum Gasteiger partial charge on any atom is 0.0797 e. The molecule has 102 valence electrons. The zero-order chi connectivity index (χ0) is 13.0. The van der Waals surface area contributed by atoms with Crippen LogP contribution in [0.4, 0.5) is 0 Å². The van der Waals surface area contributed by atoms with Crippen LogP contribution in [0.25, 0.3) is 0 Å². The van der Waals surface area contributed by atoms with Crippen LogP contribution in [0, 0.1) is 12.3 Å². The van der Waals surface area contributed by atoms with Crippen LogP contribution >= 0.6 is 11.3 Å². The lowest BCUT2D eigenvalue weighted by Crippen LogP contribution is -2.42. The first-order chi connectivity index (χ1) is 8.59. The van der Waals surface area contributed by atoms with E-state index in [9.17, 15) is 0 Å². The van der Waals surface area contributed by atoms with Gasteiger partial charge >= 0.3 is 0 Å². The number of rotatable bonds is 5. The van der Waals surface area contributed by atoms with E-state index in [0.717, 1.165) is 19.5 Å². The molecule has 1 fully saturated rings. The first-order valence-electron chi connectivity index (χ1n) is 6.87. The summed E-state index contributed by atoms with van der Waals surface area (Å²) < 4.78 is 0. The molecule has 2 rings (SSSR count). The Kier molecular flexibility index (Phi) is 4.76. The van der Waals surface area contributed by atoms with Crippen molar-refractivity contribution in [2.45, 2.75) is 33.1 Å². The van der Waals surface area contributed by atoms with Crippen molar-refractivity contribution in [2.24, 2.45) is 5.41 Å². The zero-order valence-corrected chi connectivity index (χ0v) is 12.6. The van der Waals surface area contributed by atoms with Gasteiger partial charge in [0.1, 0.15) is 0 Å². The van der Waals surface area contributed by atoms with E-state index in [4.69, 9.17) is 0 Å². The lowest BCUT2D eigenvalue weighted by atomic mass is 9.80. The highest BCUT2D eigenvalue weighted by atomic mass is 32.1. The Morgan fingerprint density at radius 2 is 2.17 bits per heavy atom. The summed E-state index contributed by atoms with van der Waals surface area (Å²) in [5, 5.41) is 3.64. The molecule has 1 aliphatic rings. The maximum atomic E-state index is 4.29. The number of likely N-dealkylation sites (tertiary alicyclic amines) is 1. The lowest BCUT2D eigenvalue weighted by Gasteiger charge is -2.38. The molecule has 1 aliphatic heterocycles. The van der Waals surface area contributed by atoms with Gasteiger partial charge in [-0.2, -0.15) is 0 Å². The predicted molar refractivity (Wildman–Crippen MR) is 78.3 cm³/mol. The summed E-state index contributed by atoms with van der Waals surface area (Å²) in [5.41, 5.74) is 3.64. The number of piperidine rings is 1. The smallest absolute Gasteiger partial charge is 0.0797 e. The van der Waals surface area contributed by atoms with Gasteiger partial charge in [-0.25, -0.2) is 4.98 Å². The molecule has 1 aromatic rings. The second-order valence-corrected chi connectivity index (χ2v) is 6.84. The number of thiazole rings is 1. The van der Waals surface area contributed by atoms with Gasteiger partial charge in [0.25, 0.3) is 0 Å². The molecule has 3 nitrogen and oxygen atoms in total. The van der Waals surface area contributed by atoms with Gasteiger partial charge in [-0.3, -0.25) is 0 Å². The van der Waals surface area contributed by atoms with E-state index in [1.165, 1.54) is 36.5 Å². The van der Waals surface area contributed by atoms with Gasteiger partial charge in [-0.15, -0.1) is 11.3 Å². The zero-order valence-electron chi connectivity index (χ0n) is 11.8. The van der Waals surface area contributed by atoms with Crippen molar-refractivity contribution in [1.29, 1.82) is 0 Å². The first-order valence-corrected chi connectivity index (χ1v) is 7.75. The minimum atomic E-state index is 0.495. The highest BCUT2D eigenvalue weighted by Crippen LogP contribution is 2.29. The van der Waals surface area contributed by atoms with Crippen LogP contribution in [0.2, 0.25) is 0 Å². The Hall–Kier alpha value is -0.450. The summed E-state index contributed by atoms with van der Waals surface area (Å²) in [7, 11) is 2.22. The van der Waals surface area contributed by atoms with Crippen molar-refractivity contribution in [3.8, 4) is 0 Å². The molecule has 4 heteroatoms. The van der Waals surface area contributed by atoms with E-state index in [0.29, 0.717) is 5.41 Å². The van der Waals surface area contributed by atoms with E-state index in [1.54, 1.807) is 11.3 Å². The number of aryl methyl sites for hydroxylation is 1. The molecule has 0 aliphatic carbocycles. The van der Waals surface area contributed by atoms with Crippen LogP contribution in [0.15, 0.2) is 5.51 Å². The monoisotopic (exact) mass is 267 g/mol. The summed E-state index contributed by atoms with van der Waals surface area (Å²) in [6, 6.07) is 0. The highest BCUT2D eigenvalue weighted by molar-refractivity contribution is 7.09. The van der Waals surface area contributed by atoms with E-state index in [-0.39, 0.29) is 0 Å². The number of hydrogen-bond donors (Lipinski definition) is 1. The third-order valence-corrected chi connectivity index (χ3v) is 5.11. The van der Waals surface area contributed by atoms with Crippen molar-refractivity contribution in [1.82, 2.24) is 15.2 Å². The molecule has 0 atom stereocenters. The summed E-state index contributed by atoms with van der Waals surface area (Å²) in [6.07, 6.45) is 3.75. The molecule has 0 spiro atoms. The second kappa shape index (κ2) is 6.13. The fourth-order valence-electron chi connectivity index (χ4n) is 2.49. The average molecular weight is 267 g/mol. The van der Waals surface area contributed by atoms with Crippen LogP contribution in [-0.2, 0) is 6.42 Å². The fourth-order valence-corrected chi connectivity index (χ4v) is 3.27. The molecule has 0 unspecified atom stereocenters. The average Bonchev–Trinajstić information content (AvgIpc) is 2.75. The summed E-state index contributed by atoms with van der Waals surface area (Å²) in [5.74, 6) is 0. The molecule has 1 N–H and O–H groups in total. The summed E-state index contributed by atoms with van der Waals surface area (Å²) in [6.45, 7) is 9.24. The minimum absolute atomic E-state index is 0.495. The molecule has 1 saturated heterocycles. The van der Waals surface area contributed by atoms with Crippen LogP contribution in [0.1, 0.15) is 30.3 Å². The number of nitrogens with zero attached hydrogens (tertiary/aromatic N) is 2. The molecule has 0 aromatic carbocycles. The highest BCUT2D eigenvalue weighted by Gasteiger charge is 2.28. The molecule has 18 heavy (non-hydrogen) atoms. The molecule has 0 radical (unpaired) electrons. The SMILES string of the molecule is Cc1ncsc1CCNCC1(C)CCN(C)CC1. The molecular formula is C14H25N3S. The van der Waals surface area contributed by atoms with E-state index >= 15 is 0 Å². The Labute approximate surface area is 115 Å². The quantitative estimate of drug-likeness (QED) is 0.830. The first kappa shape index (κ1) is 14.0. The minimum Gasteiger partial charge on any atom is -0.316 e. The Bertz CT molecular complexity index is 367. The van der Waals surface area contributed by atoms with Gasteiger partial charge in [-0.05, 0) is 51.7 Å². The number of nitrogens with one attached hydrogen (secondary N) is 1. The normalized spacial score (nSPS) is 20.2. The van der Waals surface area contributed by atoms with Crippen molar-refractivity contribution >= 4 is 11.3 Å². The van der Waals surface area contributed by atoms with Crippen molar-refractivity contribution in [2.75, 3.05) is 33.2 Å². The van der Waals surface area contributed by atoms with Gasteiger partial charge in [0.15, 0.2) is 0 Å². The van der Waals surface area contributed by atoms with Crippen LogP contribution in [0.3, 0.4) is 0 Å². The van der Waals surface area contributed by atoms with E-state index < -0.39 is 0 Å². The van der Waals surface area contributed by atoms with Crippen LogP contribution in [0.5, 0.6) is 0 Å². The standard InChI is InChI=1S/C14H25N3S/c1-12-13(18-11-16-12)4-7-15-10-14(2)5-8-17(3)9-6-14/h11,15H,4-10H2,1-3H3. The van der Waals surface area contributed by atoms with Crippen molar-refractivity contribution < 1.29 is 0 Å². The Morgan fingerprint density at radius 3 is 2.78 bits per heavy atom. The lowest BCUT2D eigenvalue weighted by molar-refractivity contribution is 0.137.